The lowest BCUT2D eigenvalue weighted by Crippen LogP contribution is -3.00. The second kappa shape index (κ2) is 14.5. The average Bonchev–Trinajstić information content (AvgIpc) is 2.90. The molecule has 1 N–H and O–H groups in total. The first kappa shape index (κ1) is 30.8. The predicted octanol–water partition coefficient (Wildman–Crippen LogP) is 0.809. The molecule has 0 bridgehead atoms. The van der Waals surface area contributed by atoms with Crippen molar-refractivity contribution in [3.8, 4) is 28.7 Å². The number of quaternary nitrogens is 1. The number of benzene rings is 2. The summed E-state index contributed by atoms with van der Waals surface area (Å²) >= 11 is 0. The van der Waals surface area contributed by atoms with Crippen LogP contribution in [0.4, 0.5) is 0 Å². The first-order valence-corrected chi connectivity index (χ1v) is 12.5. The summed E-state index contributed by atoms with van der Waals surface area (Å²) in [5.74, 6) is 3.41. The van der Waals surface area contributed by atoms with Crippen LogP contribution in [0.25, 0.3) is 0 Å². The first-order valence-electron chi connectivity index (χ1n) is 12.5. The lowest BCUT2D eigenvalue weighted by molar-refractivity contribution is -0.941. The SMILES string of the molecule is COc1cc2c(cc1OC)[C@@H](Cc1cc(OC)c(OC)c(OC)c1)[N+](C)(CCCOCCCO)CC2.[Cl-]. The van der Waals surface area contributed by atoms with E-state index in [2.05, 4.69) is 19.2 Å². The smallest absolute Gasteiger partial charge is 0.203 e. The van der Waals surface area contributed by atoms with Crippen molar-refractivity contribution in [1.29, 1.82) is 0 Å². The molecule has 1 aliphatic heterocycles. The van der Waals surface area contributed by atoms with Gasteiger partial charge in [0.05, 0.1) is 62.3 Å². The van der Waals surface area contributed by atoms with Gasteiger partial charge in [-0.15, -0.1) is 0 Å². The lowest BCUT2D eigenvalue weighted by Gasteiger charge is -2.46. The molecule has 3 rings (SSSR count). The monoisotopic (exact) mass is 539 g/mol. The van der Waals surface area contributed by atoms with Crippen LogP contribution in [-0.4, -0.2) is 85.1 Å². The number of likely N-dealkylation sites (N-methyl/N-ethyl adjacent to an activating group) is 1. The zero-order valence-corrected chi connectivity index (χ0v) is 23.7. The van der Waals surface area contributed by atoms with Gasteiger partial charge in [-0.1, -0.05) is 0 Å². The van der Waals surface area contributed by atoms with Crippen LogP contribution in [-0.2, 0) is 17.6 Å². The average molecular weight is 540 g/mol. The summed E-state index contributed by atoms with van der Waals surface area (Å²) in [5.41, 5.74) is 3.68. The quantitative estimate of drug-likeness (QED) is 0.281. The molecule has 0 aliphatic carbocycles. The molecule has 0 radical (unpaired) electrons. The van der Waals surface area contributed by atoms with Crippen LogP contribution in [0.15, 0.2) is 24.3 Å². The van der Waals surface area contributed by atoms with Crippen molar-refractivity contribution >= 4 is 0 Å². The minimum Gasteiger partial charge on any atom is -1.00 e. The maximum absolute atomic E-state index is 9.00. The molecule has 37 heavy (non-hydrogen) atoms. The van der Waals surface area contributed by atoms with Crippen LogP contribution in [0.3, 0.4) is 0 Å². The predicted molar refractivity (Wildman–Crippen MR) is 139 cm³/mol. The fourth-order valence-corrected chi connectivity index (χ4v) is 5.20. The van der Waals surface area contributed by atoms with E-state index in [-0.39, 0.29) is 25.1 Å². The fraction of sp³-hybridized carbons (Fsp3) is 0.571. The van der Waals surface area contributed by atoms with Gasteiger partial charge in [0.25, 0.3) is 0 Å². The molecular formula is C28H42ClNO7. The van der Waals surface area contributed by atoms with E-state index in [1.165, 1.54) is 11.1 Å². The molecular weight excluding hydrogens is 498 g/mol. The van der Waals surface area contributed by atoms with Crippen LogP contribution in [0, 0.1) is 0 Å². The minimum absolute atomic E-state index is 0. The third kappa shape index (κ3) is 7.13. The third-order valence-corrected chi connectivity index (χ3v) is 7.21. The molecule has 9 heteroatoms. The molecule has 2 atom stereocenters. The van der Waals surface area contributed by atoms with E-state index < -0.39 is 0 Å². The van der Waals surface area contributed by atoms with Gasteiger partial charge in [-0.2, -0.15) is 0 Å². The van der Waals surface area contributed by atoms with E-state index in [1.54, 1.807) is 35.5 Å². The number of rotatable bonds is 14. The Balaban J connectivity index is 0.00000481. The van der Waals surface area contributed by atoms with Crippen LogP contribution in [0.1, 0.15) is 35.6 Å². The zero-order valence-electron chi connectivity index (χ0n) is 23.0. The minimum atomic E-state index is 0. The van der Waals surface area contributed by atoms with Crippen molar-refractivity contribution in [2.45, 2.75) is 31.7 Å². The standard InChI is InChI=1S/C28H42NO7.ClH/c1-29(10-7-13-36-14-8-12-30)11-9-21-18-24(31-2)25(32-3)19-22(21)23(29)15-20-16-26(33-4)28(35-6)27(17-20)34-5;/h16-19,23,30H,7-15H2,1-6H3;1H/q+1;/p-1/t23-,29?;/m1./s1. The van der Waals surface area contributed by atoms with Crippen LogP contribution < -0.4 is 36.1 Å². The number of aliphatic hydroxyl groups is 1. The van der Waals surface area contributed by atoms with Crippen LogP contribution in [0.2, 0.25) is 0 Å². The van der Waals surface area contributed by atoms with E-state index in [0.717, 1.165) is 53.9 Å². The summed E-state index contributed by atoms with van der Waals surface area (Å²) in [6, 6.07) is 8.54. The highest BCUT2D eigenvalue weighted by atomic mass is 35.5. The van der Waals surface area contributed by atoms with Gasteiger partial charge >= 0.3 is 0 Å². The van der Waals surface area contributed by atoms with Crippen molar-refractivity contribution in [2.75, 3.05) is 75.5 Å². The molecule has 0 aromatic heterocycles. The Labute approximate surface area is 227 Å². The Morgan fingerprint density at radius 2 is 1.41 bits per heavy atom. The maximum atomic E-state index is 9.00. The van der Waals surface area contributed by atoms with E-state index in [1.807, 2.05) is 12.1 Å². The number of hydrogen-bond donors (Lipinski definition) is 1. The largest absolute Gasteiger partial charge is 1.00 e. The summed E-state index contributed by atoms with van der Waals surface area (Å²) in [6.45, 7) is 3.42. The Kier molecular flexibility index (Phi) is 12.1. The molecule has 1 aliphatic rings. The topological polar surface area (TPSA) is 75.6 Å². The van der Waals surface area contributed by atoms with Crippen molar-refractivity contribution in [1.82, 2.24) is 0 Å². The Bertz CT molecular complexity index is 978. The van der Waals surface area contributed by atoms with E-state index >= 15 is 0 Å². The van der Waals surface area contributed by atoms with Crippen molar-refractivity contribution < 1.29 is 50.4 Å². The number of halogens is 1. The Morgan fingerprint density at radius 1 is 0.811 bits per heavy atom. The number of fused-ring (bicyclic) bond motifs is 1. The number of aliphatic hydroxyl groups excluding tert-OH is 1. The van der Waals surface area contributed by atoms with Gasteiger partial charge in [-0.05, 0) is 41.8 Å². The van der Waals surface area contributed by atoms with Gasteiger partial charge in [0.2, 0.25) is 5.75 Å². The highest BCUT2D eigenvalue weighted by Crippen LogP contribution is 2.44. The number of methoxy groups -OCH3 is 5. The van der Waals surface area contributed by atoms with Gasteiger partial charge in [-0.25, -0.2) is 0 Å². The second-order valence-electron chi connectivity index (χ2n) is 9.38. The first-order chi connectivity index (χ1) is 17.4. The normalized spacial score (nSPS) is 18.4. The van der Waals surface area contributed by atoms with Gasteiger partial charge in [0, 0.05) is 38.0 Å². The molecule has 0 saturated carbocycles. The van der Waals surface area contributed by atoms with Gasteiger partial charge in [0.1, 0.15) is 6.04 Å². The summed E-state index contributed by atoms with van der Waals surface area (Å²) in [7, 11) is 10.6. The number of ether oxygens (including phenoxy) is 6. The highest BCUT2D eigenvalue weighted by Gasteiger charge is 2.40. The summed E-state index contributed by atoms with van der Waals surface area (Å²) in [5, 5.41) is 9.00. The van der Waals surface area contributed by atoms with Gasteiger partial charge in [0.15, 0.2) is 23.0 Å². The fourth-order valence-electron chi connectivity index (χ4n) is 5.20. The van der Waals surface area contributed by atoms with Gasteiger partial charge < -0.3 is 50.4 Å². The Hall–Kier alpha value is -2.39. The van der Waals surface area contributed by atoms with Crippen molar-refractivity contribution in [3.63, 3.8) is 0 Å². The van der Waals surface area contributed by atoms with Crippen molar-refractivity contribution in [3.05, 3.63) is 41.0 Å². The molecule has 2 aromatic carbocycles. The van der Waals surface area contributed by atoms with Crippen LogP contribution in [0.5, 0.6) is 28.7 Å². The second-order valence-corrected chi connectivity index (χ2v) is 9.38. The molecule has 1 heterocycles. The van der Waals surface area contributed by atoms with Crippen LogP contribution >= 0.6 is 0 Å². The number of hydrogen-bond acceptors (Lipinski definition) is 7. The number of nitrogens with zero attached hydrogens (tertiary/aromatic N) is 1. The summed E-state index contributed by atoms with van der Waals surface area (Å²) in [4.78, 5) is 0. The third-order valence-electron chi connectivity index (χ3n) is 7.21. The highest BCUT2D eigenvalue weighted by molar-refractivity contribution is 5.54. The molecule has 8 nitrogen and oxygen atoms in total. The van der Waals surface area contributed by atoms with E-state index in [0.29, 0.717) is 36.9 Å². The zero-order chi connectivity index (χ0) is 26.1. The summed E-state index contributed by atoms with van der Waals surface area (Å²) in [6.07, 6.45) is 3.37. The maximum Gasteiger partial charge on any atom is 0.203 e. The molecule has 0 saturated heterocycles. The van der Waals surface area contributed by atoms with Gasteiger partial charge in [-0.3, -0.25) is 0 Å². The van der Waals surface area contributed by atoms with E-state index in [4.69, 9.17) is 33.5 Å². The van der Waals surface area contributed by atoms with E-state index in [9.17, 15) is 0 Å². The lowest BCUT2D eigenvalue weighted by atomic mass is 9.86. The molecule has 208 valence electrons. The molecule has 0 amide bonds. The molecule has 0 spiro atoms. The summed E-state index contributed by atoms with van der Waals surface area (Å²) < 4.78 is 34.7. The molecule has 1 unspecified atom stereocenters. The molecule has 0 fully saturated rings. The van der Waals surface area contributed by atoms with Crippen molar-refractivity contribution in [2.24, 2.45) is 0 Å². The Morgan fingerprint density at radius 3 is 1.97 bits per heavy atom. The molecule has 2 aromatic rings.